The molecule has 1 atom stereocenters. The molecule has 0 aliphatic carbocycles. The van der Waals surface area contributed by atoms with Crippen molar-refractivity contribution in [3.05, 3.63) is 47.7 Å². The van der Waals surface area contributed by atoms with E-state index in [-0.39, 0.29) is 16.5 Å². The zero-order chi connectivity index (χ0) is 23.8. The summed E-state index contributed by atoms with van der Waals surface area (Å²) in [6.45, 7) is 9.61. The van der Waals surface area contributed by atoms with E-state index < -0.39 is 25.3 Å². The van der Waals surface area contributed by atoms with Crippen molar-refractivity contribution in [1.82, 2.24) is 13.3 Å². The van der Waals surface area contributed by atoms with Crippen molar-refractivity contribution in [1.29, 1.82) is 0 Å². The number of fused-ring (bicyclic) bond motifs is 1. The van der Waals surface area contributed by atoms with Crippen LogP contribution < -0.4 is 0 Å². The molecule has 7 nitrogen and oxygen atoms in total. The molecule has 0 amide bonds. The number of nitrogens with zero attached hydrogens (tertiary/aromatic N) is 3. The molecule has 1 unspecified atom stereocenters. The van der Waals surface area contributed by atoms with Gasteiger partial charge in [0.2, 0.25) is 20.0 Å². The predicted molar refractivity (Wildman–Crippen MR) is 129 cm³/mol. The van der Waals surface area contributed by atoms with E-state index >= 15 is 0 Å². The van der Waals surface area contributed by atoms with Gasteiger partial charge in [0.15, 0.2) is 5.65 Å². The van der Waals surface area contributed by atoms with E-state index in [0.29, 0.717) is 34.6 Å². The van der Waals surface area contributed by atoms with Crippen molar-refractivity contribution in [2.75, 3.05) is 13.1 Å². The number of aromatic nitrogens is 2. The predicted octanol–water partition coefficient (Wildman–Crippen LogP) is 4.61. The Morgan fingerprint density at radius 1 is 1.06 bits per heavy atom. The van der Waals surface area contributed by atoms with Gasteiger partial charge in [-0.25, -0.2) is 25.8 Å². The summed E-state index contributed by atoms with van der Waals surface area (Å²) >= 11 is 6.47. The zero-order valence-corrected chi connectivity index (χ0v) is 21.2. The molecule has 2 aromatic heterocycles. The summed E-state index contributed by atoms with van der Waals surface area (Å²) in [5, 5.41) is 0.153. The van der Waals surface area contributed by atoms with E-state index in [1.165, 1.54) is 26.7 Å². The number of halogens is 1. The molecule has 0 saturated carbocycles. The Kier molecular flexibility index (Phi) is 7.05. The molecule has 32 heavy (non-hydrogen) atoms. The molecular formula is C22H28ClN3O4S2. The molecule has 2 heterocycles. The molecule has 3 aromatic rings. The lowest BCUT2D eigenvalue weighted by atomic mass is 10.1. The Hall–Kier alpha value is -1.94. The van der Waals surface area contributed by atoms with Gasteiger partial charge < -0.3 is 0 Å². The van der Waals surface area contributed by atoms with Crippen LogP contribution in [0.1, 0.15) is 34.6 Å². The third kappa shape index (κ3) is 4.19. The first-order valence-corrected chi connectivity index (χ1v) is 13.8. The maximum atomic E-state index is 13.3. The van der Waals surface area contributed by atoms with Gasteiger partial charge in [0.25, 0.3) is 0 Å². The molecule has 3 rings (SSSR count). The fourth-order valence-electron chi connectivity index (χ4n) is 3.56. The van der Waals surface area contributed by atoms with Gasteiger partial charge in [-0.2, -0.15) is 4.31 Å². The second-order valence-corrected chi connectivity index (χ2v) is 12.5. The monoisotopic (exact) mass is 497 g/mol. The number of benzene rings is 1. The van der Waals surface area contributed by atoms with Gasteiger partial charge in [0.1, 0.15) is 0 Å². The highest BCUT2D eigenvalue weighted by molar-refractivity contribution is 7.90. The van der Waals surface area contributed by atoms with Gasteiger partial charge in [-0.15, -0.1) is 0 Å². The quantitative estimate of drug-likeness (QED) is 0.453. The maximum Gasteiger partial charge on any atom is 0.243 e. The summed E-state index contributed by atoms with van der Waals surface area (Å²) < 4.78 is 55.2. The molecule has 0 spiro atoms. The largest absolute Gasteiger partial charge is 0.243 e. The lowest BCUT2D eigenvalue weighted by Gasteiger charge is -2.18. The number of hydrogen-bond acceptors (Lipinski definition) is 5. The summed E-state index contributed by atoms with van der Waals surface area (Å²) in [6, 6.07) is 8.06. The van der Waals surface area contributed by atoms with Crippen LogP contribution in [0, 0.1) is 5.92 Å². The summed E-state index contributed by atoms with van der Waals surface area (Å²) in [5.74, 6) is -0.109. The molecular weight excluding hydrogens is 470 g/mol. The second-order valence-electron chi connectivity index (χ2n) is 7.94. The normalized spacial score (nSPS) is 13.9. The third-order valence-corrected chi connectivity index (χ3v) is 10.4. The molecule has 0 fully saturated rings. The average Bonchev–Trinajstić information content (AvgIpc) is 3.16. The van der Waals surface area contributed by atoms with E-state index in [9.17, 15) is 16.8 Å². The van der Waals surface area contributed by atoms with Gasteiger partial charge in [-0.1, -0.05) is 51.4 Å². The van der Waals surface area contributed by atoms with Crippen LogP contribution in [-0.4, -0.2) is 48.4 Å². The van der Waals surface area contributed by atoms with Gasteiger partial charge in [0, 0.05) is 36.4 Å². The lowest BCUT2D eigenvalue weighted by molar-refractivity contribution is 0.445. The summed E-state index contributed by atoms with van der Waals surface area (Å²) in [4.78, 5) is 4.43. The van der Waals surface area contributed by atoms with Crippen LogP contribution in [0.5, 0.6) is 0 Å². The molecule has 0 N–H and O–H groups in total. The first-order valence-electron chi connectivity index (χ1n) is 10.5. The number of sulfonamides is 1. The molecule has 0 radical (unpaired) electrons. The van der Waals surface area contributed by atoms with E-state index in [4.69, 9.17) is 11.6 Å². The van der Waals surface area contributed by atoms with Crippen LogP contribution in [0.15, 0.2) is 47.6 Å². The Bertz CT molecular complexity index is 1340. The van der Waals surface area contributed by atoms with Crippen LogP contribution in [0.4, 0.5) is 0 Å². The molecule has 10 heteroatoms. The van der Waals surface area contributed by atoms with E-state index in [0.717, 1.165) is 0 Å². The highest BCUT2D eigenvalue weighted by Gasteiger charge is 2.30. The SMILES string of the molecule is CCN(CC)S(=O)(=O)c1cccc(-c2cn(S(=O)(=O)C(C)C(C)C)c3nccc(Cl)c23)c1. The van der Waals surface area contributed by atoms with Crippen LogP contribution in [-0.2, 0) is 20.0 Å². The van der Waals surface area contributed by atoms with Gasteiger partial charge >= 0.3 is 0 Å². The fraction of sp³-hybridized carbons (Fsp3) is 0.409. The van der Waals surface area contributed by atoms with Crippen molar-refractivity contribution in [2.45, 2.75) is 44.8 Å². The molecule has 0 saturated heterocycles. The Labute approximate surface area is 195 Å². The molecule has 0 aliphatic heterocycles. The summed E-state index contributed by atoms with van der Waals surface area (Å²) in [5.41, 5.74) is 1.27. The van der Waals surface area contributed by atoms with Crippen molar-refractivity contribution >= 4 is 42.7 Å². The molecule has 1 aromatic carbocycles. The van der Waals surface area contributed by atoms with Crippen molar-refractivity contribution in [3.63, 3.8) is 0 Å². The van der Waals surface area contributed by atoms with E-state index in [2.05, 4.69) is 4.98 Å². The van der Waals surface area contributed by atoms with Gasteiger partial charge in [0.05, 0.1) is 15.2 Å². The van der Waals surface area contributed by atoms with E-state index in [1.807, 2.05) is 13.8 Å². The highest BCUT2D eigenvalue weighted by atomic mass is 35.5. The highest BCUT2D eigenvalue weighted by Crippen LogP contribution is 2.37. The van der Waals surface area contributed by atoms with Gasteiger partial charge in [-0.3, -0.25) is 0 Å². The van der Waals surface area contributed by atoms with Crippen LogP contribution >= 0.6 is 11.6 Å². The summed E-state index contributed by atoms with van der Waals surface area (Å²) in [7, 11) is -7.44. The standard InChI is InChI=1S/C22H28ClN3O4S2/c1-6-25(7-2)32(29,30)18-10-8-9-17(13-18)19-14-26(31(27,28)16(5)15(3)4)22-21(19)20(23)11-12-24-22/h8-16H,6-7H2,1-5H3. The Balaban J connectivity index is 2.28. The van der Waals surface area contributed by atoms with Crippen LogP contribution in [0.25, 0.3) is 22.2 Å². The van der Waals surface area contributed by atoms with Crippen molar-refractivity contribution < 1.29 is 16.8 Å². The van der Waals surface area contributed by atoms with Crippen LogP contribution in [0.3, 0.4) is 0 Å². The fourth-order valence-corrected chi connectivity index (χ4v) is 6.98. The minimum Gasteiger partial charge on any atom is -0.237 e. The first kappa shape index (κ1) is 24.7. The number of hydrogen-bond donors (Lipinski definition) is 0. The third-order valence-electron chi connectivity index (χ3n) is 5.78. The second kappa shape index (κ2) is 9.13. The minimum absolute atomic E-state index is 0.109. The van der Waals surface area contributed by atoms with Crippen molar-refractivity contribution in [2.24, 2.45) is 5.92 Å². The number of rotatable bonds is 8. The molecule has 0 aliphatic rings. The Morgan fingerprint density at radius 2 is 1.72 bits per heavy atom. The minimum atomic E-state index is -3.76. The average molecular weight is 498 g/mol. The molecule has 174 valence electrons. The summed E-state index contributed by atoms with van der Waals surface area (Å²) in [6.07, 6.45) is 2.95. The van der Waals surface area contributed by atoms with E-state index in [1.54, 1.807) is 45.0 Å². The smallest absolute Gasteiger partial charge is 0.237 e. The lowest BCUT2D eigenvalue weighted by Crippen LogP contribution is -2.30. The number of pyridine rings is 1. The van der Waals surface area contributed by atoms with Crippen molar-refractivity contribution in [3.8, 4) is 11.1 Å². The van der Waals surface area contributed by atoms with Gasteiger partial charge in [-0.05, 0) is 36.6 Å². The Morgan fingerprint density at radius 3 is 2.31 bits per heavy atom. The first-order chi connectivity index (χ1) is 15.0. The molecule has 0 bridgehead atoms. The van der Waals surface area contributed by atoms with Crippen LogP contribution in [0.2, 0.25) is 5.02 Å². The maximum absolute atomic E-state index is 13.3. The zero-order valence-electron chi connectivity index (χ0n) is 18.8. The topological polar surface area (TPSA) is 89.3 Å².